The van der Waals surface area contributed by atoms with E-state index in [0.717, 1.165) is 22.4 Å². The van der Waals surface area contributed by atoms with Crippen molar-refractivity contribution in [2.24, 2.45) is 0 Å². The minimum Gasteiger partial charge on any atom is -0.506 e. The Hall–Kier alpha value is -3.53. The number of ether oxygens (including phenoxy) is 1. The topological polar surface area (TPSA) is 58.6 Å². The van der Waals surface area contributed by atoms with E-state index in [1.165, 1.54) is 6.08 Å². The average Bonchev–Trinajstić information content (AvgIpc) is 2.69. The average molecular weight is 359 g/mol. The lowest BCUT2D eigenvalue weighted by molar-refractivity contribution is -0.111. The highest BCUT2D eigenvalue weighted by molar-refractivity contribution is 6.02. The molecule has 1 amide bonds. The summed E-state index contributed by atoms with van der Waals surface area (Å²) in [6.07, 6.45) is 3.14. The molecule has 3 rings (SSSR count). The predicted octanol–water partition coefficient (Wildman–Crippen LogP) is 4.93. The molecule has 0 aliphatic carbocycles. The fraction of sp³-hybridized carbons (Fsp3) is 0.0870. The largest absolute Gasteiger partial charge is 0.506 e. The molecule has 0 saturated heterocycles. The van der Waals surface area contributed by atoms with E-state index >= 15 is 0 Å². The number of anilines is 1. The van der Waals surface area contributed by atoms with Gasteiger partial charge in [-0.2, -0.15) is 0 Å². The van der Waals surface area contributed by atoms with Crippen LogP contribution in [-0.4, -0.2) is 11.0 Å². The molecule has 0 aromatic heterocycles. The first-order valence-corrected chi connectivity index (χ1v) is 8.65. The molecule has 4 heteroatoms. The van der Waals surface area contributed by atoms with E-state index in [-0.39, 0.29) is 11.7 Å². The summed E-state index contributed by atoms with van der Waals surface area (Å²) < 4.78 is 5.74. The number of phenols is 1. The molecule has 27 heavy (non-hydrogen) atoms. The third kappa shape index (κ3) is 5.47. The van der Waals surface area contributed by atoms with Crippen molar-refractivity contribution < 1.29 is 14.6 Å². The van der Waals surface area contributed by atoms with Gasteiger partial charge in [-0.25, -0.2) is 0 Å². The summed E-state index contributed by atoms with van der Waals surface area (Å²) in [5.41, 5.74) is 3.34. The summed E-state index contributed by atoms with van der Waals surface area (Å²) in [5.74, 6) is 0.507. The minimum absolute atomic E-state index is 0.0438. The van der Waals surface area contributed by atoms with Gasteiger partial charge in [-0.1, -0.05) is 48.5 Å². The van der Waals surface area contributed by atoms with Crippen LogP contribution in [0, 0.1) is 6.92 Å². The summed E-state index contributed by atoms with van der Waals surface area (Å²) >= 11 is 0. The summed E-state index contributed by atoms with van der Waals surface area (Å²) in [7, 11) is 0. The van der Waals surface area contributed by atoms with Gasteiger partial charge >= 0.3 is 0 Å². The molecule has 0 radical (unpaired) electrons. The second-order valence-electron chi connectivity index (χ2n) is 6.19. The van der Waals surface area contributed by atoms with Gasteiger partial charge in [0.05, 0.1) is 5.69 Å². The molecule has 0 atom stereocenters. The van der Waals surface area contributed by atoms with Gasteiger partial charge in [-0.15, -0.1) is 0 Å². The third-order valence-electron chi connectivity index (χ3n) is 3.97. The Kier molecular flexibility index (Phi) is 5.90. The van der Waals surface area contributed by atoms with E-state index in [2.05, 4.69) is 5.32 Å². The number of phenolic OH excluding ortho intramolecular Hbond substituents is 1. The van der Waals surface area contributed by atoms with Crippen LogP contribution in [0.3, 0.4) is 0 Å². The van der Waals surface area contributed by atoms with Gasteiger partial charge in [0.25, 0.3) is 0 Å². The normalized spacial score (nSPS) is 10.7. The van der Waals surface area contributed by atoms with E-state index < -0.39 is 0 Å². The van der Waals surface area contributed by atoms with Crippen LogP contribution in [-0.2, 0) is 11.4 Å². The summed E-state index contributed by atoms with van der Waals surface area (Å²) in [6.45, 7) is 2.41. The lowest BCUT2D eigenvalue weighted by atomic mass is 10.2. The zero-order valence-electron chi connectivity index (χ0n) is 15.1. The molecule has 0 aliphatic heterocycles. The molecule has 0 spiro atoms. The van der Waals surface area contributed by atoms with Crippen molar-refractivity contribution in [2.75, 3.05) is 5.32 Å². The Morgan fingerprint density at radius 2 is 1.78 bits per heavy atom. The number of hydrogen-bond donors (Lipinski definition) is 2. The lowest BCUT2D eigenvalue weighted by Crippen LogP contribution is -2.08. The maximum atomic E-state index is 12.0. The zero-order chi connectivity index (χ0) is 19.1. The number of hydrogen-bond acceptors (Lipinski definition) is 3. The maximum Gasteiger partial charge on any atom is 0.248 e. The second kappa shape index (κ2) is 8.72. The SMILES string of the molecule is Cc1ccc(O)c(NC(=O)/C=C/c2ccc(OCc3ccccc3)cc2)c1. The molecule has 0 saturated carbocycles. The third-order valence-corrected chi connectivity index (χ3v) is 3.97. The van der Waals surface area contributed by atoms with Crippen LogP contribution < -0.4 is 10.1 Å². The zero-order valence-corrected chi connectivity index (χ0v) is 15.1. The van der Waals surface area contributed by atoms with Crippen LogP contribution in [0.5, 0.6) is 11.5 Å². The van der Waals surface area contributed by atoms with E-state index in [1.54, 1.807) is 24.3 Å². The Morgan fingerprint density at radius 3 is 2.52 bits per heavy atom. The molecule has 3 aromatic carbocycles. The molecule has 0 bridgehead atoms. The number of rotatable bonds is 6. The van der Waals surface area contributed by atoms with Crippen LogP contribution in [0.2, 0.25) is 0 Å². The Balaban J connectivity index is 1.55. The first kappa shape index (κ1) is 18.3. The highest BCUT2D eigenvalue weighted by atomic mass is 16.5. The molecule has 4 nitrogen and oxygen atoms in total. The fourth-order valence-corrected chi connectivity index (χ4v) is 2.51. The van der Waals surface area contributed by atoms with E-state index in [9.17, 15) is 9.90 Å². The van der Waals surface area contributed by atoms with Crippen LogP contribution in [0.15, 0.2) is 78.9 Å². The van der Waals surface area contributed by atoms with Crippen LogP contribution in [0.4, 0.5) is 5.69 Å². The molecule has 2 N–H and O–H groups in total. The van der Waals surface area contributed by atoms with Gasteiger partial charge in [-0.3, -0.25) is 4.79 Å². The van der Waals surface area contributed by atoms with E-state index in [0.29, 0.717) is 12.3 Å². The van der Waals surface area contributed by atoms with Gasteiger partial charge < -0.3 is 15.2 Å². The van der Waals surface area contributed by atoms with Gasteiger partial charge in [0.1, 0.15) is 18.1 Å². The number of aryl methyl sites for hydroxylation is 1. The predicted molar refractivity (Wildman–Crippen MR) is 108 cm³/mol. The van der Waals surface area contributed by atoms with E-state index in [4.69, 9.17) is 4.74 Å². The van der Waals surface area contributed by atoms with Crippen molar-refractivity contribution in [1.29, 1.82) is 0 Å². The molecular weight excluding hydrogens is 338 g/mol. The van der Waals surface area contributed by atoms with Crippen molar-refractivity contribution in [2.45, 2.75) is 13.5 Å². The number of nitrogens with one attached hydrogen (secondary N) is 1. The molecule has 3 aromatic rings. The van der Waals surface area contributed by atoms with Gasteiger partial charge in [0.2, 0.25) is 5.91 Å². The monoisotopic (exact) mass is 359 g/mol. The van der Waals surface area contributed by atoms with E-state index in [1.807, 2.05) is 61.5 Å². The van der Waals surface area contributed by atoms with Crippen molar-refractivity contribution in [3.05, 3.63) is 95.6 Å². The summed E-state index contributed by atoms with van der Waals surface area (Å²) in [5, 5.41) is 12.5. The maximum absolute atomic E-state index is 12.0. The molecule has 0 unspecified atom stereocenters. The Labute approximate surface area is 158 Å². The number of benzene rings is 3. The highest BCUT2D eigenvalue weighted by Gasteiger charge is 2.04. The Morgan fingerprint density at radius 1 is 1.04 bits per heavy atom. The van der Waals surface area contributed by atoms with Gasteiger partial charge in [0.15, 0.2) is 0 Å². The van der Waals surface area contributed by atoms with Crippen LogP contribution in [0.1, 0.15) is 16.7 Å². The lowest BCUT2D eigenvalue weighted by Gasteiger charge is -2.07. The van der Waals surface area contributed by atoms with Crippen molar-refractivity contribution >= 4 is 17.7 Å². The molecule has 0 aliphatic rings. The standard InChI is InChI=1S/C23H21NO3/c1-17-7-13-22(25)21(15-17)24-23(26)14-10-18-8-11-20(12-9-18)27-16-19-5-3-2-4-6-19/h2-15,25H,16H2,1H3,(H,24,26)/b14-10+. The highest BCUT2D eigenvalue weighted by Crippen LogP contribution is 2.23. The summed E-state index contributed by atoms with van der Waals surface area (Å²) in [4.78, 5) is 12.0. The van der Waals surface area contributed by atoms with Crippen LogP contribution in [0.25, 0.3) is 6.08 Å². The molecule has 0 fully saturated rings. The van der Waals surface area contributed by atoms with Gasteiger partial charge in [-0.05, 0) is 54.0 Å². The first-order chi connectivity index (χ1) is 13.1. The quantitative estimate of drug-likeness (QED) is 0.484. The number of carbonyl (C=O) groups is 1. The smallest absolute Gasteiger partial charge is 0.248 e. The Bertz CT molecular complexity index is 932. The number of carbonyl (C=O) groups excluding carboxylic acids is 1. The minimum atomic E-state index is -0.305. The second-order valence-corrected chi connectivity index (χ2v) is 6.19. The van der Waals surface area contributed by atoms with Crippen molar-refractivity contribution in [1.82, 2.24) is 0 Å². The van der Waals surface area contributed by atoms with Gasteiger partial charge in [0, 0.05) is 6.08 Å². The number of amides is 1. The molecule has 0 heterocycles. The molecular formula is C23H21NO3. The summed E-state index contributed by atoms with van der Waals surface area (Å²) in [6, 6.07) is 22.5. The van der Waals surface area contributed by atoms with Crippen molar-refractivity contribution in [3.63, 3.8) is 0 Å². The fourth-order valence-electron chi connectivity index (χ4n) is 2.51. The first-order valence-electron chi connectivity index (χ1n) is 8.65. The number of aromatic hydroxyl groups is 1. The van der Waals surface area contributed by atoms with Crippen molar-refractivity contribution in [3.8, 4) is 11.5 Å². The van der Waals surface area contributed by atoms with Crippen LogP contribution >= 0.6 is 0 Å². The molecule has 136 valence electrons.